The van der Waals surface area contributed by atoms with Gasteiger partial charge in [-0.25, -0.2) is 9.97 Å². The van der Waals surface area contributed by atoms with Crippen LogP contribution >= 0.6 is 11.6 Å². The molecule has 0 unspecified atom stereocenters. The summed E-state index contributed by atoms with van der Waals surface area (Å²) in [6, 6.07) is 14.0. The minimum absolute atomic E-state index is 0.253. The van der Waals surface area contributed by atoms with E-state index in [4.69, 9.17) is 26.3 Å². The van der Waals surface area contributed by atoms with Gasteiger partial charge in [-0.3, -0.25) is 13.8 Å². The number of carbonyl (C=O) groups is 1. The number of ether oxygens (including phenoxy) is 1. The molecule has 6 nitrogen and oxygen atoms in total. The molecular weight excluding hydrogens is 460 g/mol. The van der Waals surface area contributed by atoms with E-state index in [1.165, 1.54) is 0 Å². The number of carbonyl (C=O) groups excluding carboxylic acids is 1. The maximum Gasteiger partial charge on any atom is 0.311 e. The molecule has 2 aromatic carbocycles. The molecule has 0 amide bonds. The minimum Gasteiger partial charge on any atom is -0.424 e. The van der Waals surface area contributed by atoms with Gasteiger partial charge in [-0.15, -0.1) is 0 Å². The summed E-state index contributed by atoms with van der Waals surface area (Å²) >= 11 is 6.48. The molecule has 0 atom stereocenters. The molecule has 5 aromatic rings. The number of halogens is 1. The minimum atomic E-state index is -0.253. The van der Waals surface area contributed by atoms with Crippen LogP contribution in [0.1, 0.15) is 57.3 Å². The van der Waals surface area contributed by atoms with E-state index in [1.54, 1.807) is 0 Å². The highest BCUT2D eigenvalue weighted by Crippen LogP contribution is 2.36. The molecule has 0 N–H and O–H groups in total. The van der Waals surface area contributed by atoms with Crippen molar-refractivity contribution in [1.29, 1.82) is 0 Å². The Morgan fingerprint density at radius 2 is 1.83 bits per heavy atom. The number of unbranched alkanes of at least 4 members (excludes halogenated alkanes) is 2. The fourth-order valence-corrected chi connectivity index (χ4v) is 4.60. The van der Waals surface area contributed by atoms with Crippen LogP contribution in [0.2, 0.25) is 5.02 Å². The zero-order valence-electron chi connectivity index (χ0n) is 20.3. The number of fused-ring (bicyclic) bond motifs is 5. The number of esters is 1. The van der Waals surface area contributed by atoms with Crippen LogP contribution in [0.25, 0.3) is 33.4 Å². The molecule has 0 spiro atoms. The highest BCUT2D eigenvalue weighted by molar-refractivity contribution is 6.31. The average Bonchev–Trinajstić information content (AvgIpc) is 3.41. The van der Waals surface area contributed by atoms with E-state index in [-0.39, 0.29) is 5.97 Å². The van der Waals surface area contributed by atoms with Crippen LogP contribution in [0, 0.1) is 6.92 Å². The molecule has 7 heteroatoms. The summed E-state index contributed by atoms with van der Waals surface area (Å²) in [5, 5.41) is 1.40. The van der Waals surface area contributed by atoms with Crippen molar-refractivity contribution in [3.63, 3.8) is 0 Å². The Labute approximate surface area is 209 Å². The Balaban J connectivity index is 1.82. The van der Waals surface area contributed by atoms with Crippen LogP contribution < -0.4 is 4.74 Å². The van der Waals surface area contributed by atoms with Gasteiger partial charge in [0, 0.05) is 23.6 Å². The number of rotatable bonds is 8. The summed E-state index contributed by atoms with van der Waals surface area (Å²) in [7, 11) is 0. The molecule has 0 saturated heterocycles. The van der Waals surface area contributed by atoms with Crippen molar-refractivity contribution in [2.24, 2.45) is 0 Å². The van der Waals surface area contributed by atoms with Gasteiger partial charge in [-0.2, -0.15) is 0 Å². The molecule has 0 bridgehead atoms. The third kappa shape index (κ3) is 4.27. The van der Waals surface area contributed by atoms with Crippen LogP contribution in [0.15, 0.2) is 48.7 Å². The van der Waals surface area contributed by atoms with Crippen molar-refractivity contribution in [3.05, 3.63) is 65.1 Å². The first-order valence-electron chi connectivity index (χ1n) is 12.3. The maximum atomic E-state index is 12.7. The molecule has 5 rings (SSSR count). The van der Waals surface area contributed by atoms with E-state index >= 15 is 0 Å². The number of hydrogen-bond acceptors (Lipinski definition) is 4. The predicted molar refractivity (Wildman–Crippen MR) is 141 cm³/mol. The molecule has 0 aliphatic rings. The first kappa shape index (κ1) is 23.4. The number of benzene rings is 2. The van der Waals surface area contributed by atoms with Crippen LogP contribution in [0.4, 0.5) is 0 Å². The molecule has 180 valence electrons. The number of aromatic nitrogens is 4. The molecule has 3 aromatic heterocycles. The Bertz CT molecular complexity index is 1550. The standard InChI is InChI=1S/C28H29ClN4O2/c1-4-6-12-24-31-27-26(28-30-21-10-8-9-11-22(21)33(24)28)23(35-25(34)13-7-5-2)17-32(27)19-15-14-18(3)20(29)16-19/h8-11,14-17H,4-7,12-13H2,1-3H3. The van der Waals surface area contributed by atoms with Crippen molar-refractivity contribution >= 4 is 45.3 Å². The summed E-state index contributed by atoms with van der Waals surface area (Å²) in [5.41, 5.74) is 5.19. The summed E-state index contributed by atoms with van der Waals surface area (Å²) in [6.45, 7) is 6.20. The molecule has 0 saturated carbocycles. The summed E-state index contributed by atoms with van der Waals surface area (Å²) < 4.78 is 10.00. The van der Waals surface area contributed by atoms with E-state index in [0.717, 1.165) is 71.2 Å². The van der Waals surface area contributed by atoms with Gasteiger partial charge in [0.2, 0.25) is 0 Å². The van der Waals surface area contributed by atoms with E-state index < -0.39 is 0 Å². The van der Waals surface area contributed by atoms with Gasteiger partial charge >= 0.3 is 5.97 Å². The van der Waals surface area contributed by atoms with Gasteiger partial charge in [0.1, 0.15) is 11.2 Å². The normalized spacial score (nSPS) is 11.7. The quantitative estimate of drug-likeness (QED) is 0.216. The SMILES string of the molecule is CCCCC(=O)Oc1cn(-c2ccc(C)c(Cl)c2)c2nc(CCCC)n3c4ccccc4nc3c12. The Morgan fingerprint density at radius 1 is 1.03 bits per heavy atom. The zero-order valence-corrected chi connectivity index (χ0v) is 21.1. The van der Waals surface area contributed by atoms with Crippen LogP contribution in [0.5, 0.6) is 5.75 Å². The topological polar surface area (TPSA) is 61.4 Å². The number of para-hydroxylation sites is 2. The summed E-state index contributed by atoms with van der Waals surface area (Å²) in [4.78, 5) is 22.8. The maximum absolute atomic E-state index is 12.7. The first-order chi connectivity index (χ1) is 17.0. The van der Waals surface area contributed by atoms with E-state index in [2.05, 4.69) is 24.3 Å². The summed E-state index contributed by atoms with van der Waals surface area (Å²) in [5.74, 6) is 1.15. The average molecular weight is 489 g/mol. The fourth-order valence-electron chi connectivity index (χ4n) is 4.42. The highest BCUT2D eigenvalue weighted by atomic mass is 35.5. The molecular formula is C28H29ClN4O2. The van der Waals surface area contributed by atoms with Crippen LogP contribution in [-0.4, -0.2) is 24.9 Å². The molecule has 3 heterocycles. The highest BCUT2D eigenvalue weighted by Gasteiger charge is 2.23. The molecule has 0 aliphatic heterocycles. The van der Waals surface area contributed by atoms with Gasteiger partial charge in [0.15, 0.2) is 17.0 Å². The Kier molecular flexibility index (Phi) is 6.48. The second-order valence-electron chi connectivity index (χ2n) is 8.96. The number of imidazole rings is 1. The zero-order chi connectivity index (χ0) is 24.5. The first-order valence-corrected chi connectivity index (χ1v) is 12.7. The predicted octanol–water partition coefficient (Wildman–Crippen LogP) is 7.23. The third-order valence-corrected chi connectivity index (χ3v) is 6.77. The second-order valence-corrected chi connectivity index (χ2v) is 9.37. The smallest absolute Gasteiger partial charge is 0.311 e. The lowest BCUT2D eigenvalue weighted by Crippen LogP contribution is -2.07. The summed E-state index contributed by atoms with van der Waals surface area (Å²) in [6.07, 6.45) is 6.80. The van der Waals surface area contributed by atoms with Crippen molar-refractivity contribution in [3.8, 4) is 11.4 Å². The van der Waals surface area contributed by atoms with Gasteiger partial charge < -0.3 is 4.74 Å². The van der Waals surface area contributed by atoms with Gasteiger partial charge in [-0.1, -0.05) is 56.5 Å². The Hall–Kier alpha value is -3.38. The lowest BCUT2D eigenvalue weighted by Gasteiger charge is -2.10. The van der Waals surface area contributed by atoms with Gasteiger partial charge in [0.05, 0.1) is 17.2 Å². The van der Waals surface area contributed by atoms with Crippen LogP contribution in [0.3, 0.4) is 0 Å². The third-order valence-electron chi connectivity index (χ3n) is 6.37. The number of hydrogen-bond donors (Lipinski definition) is 0. The van der Waals surface area contributed by atoms with E-state index in [0.29, 0.717) is 22.8 Å². The molecule has 0 radical (unpaired) electrons. The lowest BCUT2D eigenvalue weighted by molar-refractivity contribution is -0.134. The lowest BCUT2D eigenvalue weighted by atomic mass is 10.2. The Morgan fingerprint density at radius 3 is 2.60 bits per heavy atom. The largest absolute Gasteiger partial charge is 0.424 e. The van der Waals surface area contributed by atoms with Crippen LogP contribution in [-0.2, 0) is 11.2 Å². The van der Waals surface area contributed by atoms with Crippen molar-refractivity contribution in [2.45, 2.75) is 59.3 Å². The van der Waals surface area contributed by atoms with Crippen molar-refractivity contribution < 1.29 is 9.53 Å². The van der Waals surface area contributed by atoms with Gasteiger partial charge in [-0.05, 0) is 49.6 Å². The number of nitrogens with zero attached hydrogens (tertiary/aromatic N) is 4. The second kappa shape index (κ2) is 9.70. The molecule has 0 fully saturated rings. The van der Waals surface area contributed by atoms with E-state index in [9.17, 15) is 4.79 Å². The monoisotopic (exact) mass is 488 g/mol. The molecule has 35 heavy (non-hydrogen) atoms. The van der Waals surface area contributed by atoms with E-state index in [1.807, 2.05) is 54.1 Å². The van der Waals surface area contributed by atoms with Crippen molar-refractivity contribution in [1.82, 2.24) is 18.9 Å². The number of aryl methyl sites for hydroxylation is 2. The fraction of sp³-hybridized carbons (Fsp3) is 0.321. The van der Waals surface area contributed by atoms with Crippen molar-refractivity contribution in [2.75, 3.05) is 0 Å². The molecule has 0 aliphatic carbocycles. The van der Waals surface area contributed by atoms with Gasteiger partial charge in [0.25, 0.3) is 0 Å².